The van der Waals surface area contributed by atoms with Crippen LogP contribution in [0.1, 0.15) is 103 Å². The van der Waals surface area contributed by atoms with Gasteiger partial charge in [0.2, 0.25) is 0 Å². The van der Waals surface area contributed by atoms with E-state index in [4.69, 9.17) is 4.74 Å². The molecule has 10 atom stereocenters. The summed E-state index contributed by atoms with van der Waals surface area (Å²) in [7, 11) is 1.49. The second-order valence-electron chi connectivity index (χ2n) is 14.8. The number of unbranched alkanes of at least 4 members (excludes halogenated alkanes) is 1. The molecule has 1 aromatic rings. The summed E-state index contributed by atoms with van der Waals surface area (Å²) in [4.78, 5) is 16.0. The highest BCUT2D eigenvalue weighted by Crippen LogP contribution is 2.68. The number of esters is 1. The molecular weight excluding hydrogens is 510 g/mol. The van der Waals surface area contributed by atoms with E-state index in [2.05, 4.69) is 42.5 Å². The predicted octanol–water partition coefficient (Wildman–Crippen LogP) is 6.13. The third kappa shape index (κ3) is 6.55. The summed E-state index contributed by atoms with van der Waals surface area (Å²) < 4.78 is 4.92. The van der Waals surface area contributed by atoms with E-state index in [0.717, 1.165) is 32.5 Å². The van der Waals surface area contributed by atoms with Crippen LogP contribution in [0.3, 0.4) is 0 Å². The zero-order chi connectivity index (χ0) is 29.0. The van der Waals surface area contributed by atoms with Crippen LogP contribution in [-0.4, -0.2) is 48.4 Å². The Hall–Kier alpha value is -1.50. The van der Waals surface area contributed by atoms with Gasteiger partial charge in [0.05, 0.1) is 13.2 Å². The maximum Gasteiger partial charge on any atom is 0.305 e. The molecule has 4 aliphatic rings. The normalized spacial score (nSPS) is 38.9. The Morgan fingerprint density at radius 2 is 1.88 bits per heavy atom. The van der Waals surface area contributed by atoms with Gasteiger partial charge in [-0.1, -0.05) is 26.8 Å². The maximum atomic E-state index is 11.8. The number of carbonyl (C=O) groups excluding carboxylic acids is 1. The minimum atomic E-state index is -0.156. The molecule has 0 radical (unpaired) electrons. The first-order valence-corrected chi connectivity index (χ1v) is 16.8. The molecule has 3 unspecified atom stereocenters. The van der Waals surface area contributed by atoms with Crippen LogP contribution >= 0.6 is 0 Å². The Morgan fingerprint density at radius 3 is 2.66 bits per heavy atom. The van der Waals surface area contributed by atoms with E-state index in [1.807, 2.05) is 18.5 Å². The van der Waals surface area contributed by atoms with E-state index >= 15 is 0 Å². The Bertz CT molecular complexity index is 990. The molecular formula is C35H57N3O3. The monoisotopic (exact) mass is 567 g/mol. The topological polar surface area (TPSA) is 83.5 Å². The second kappa shape index (κ2) is 13.4. The lowest BCUT2D eigenvalue weighted by Gasteiger charge is -2.62. The minimum absolute atomic E-state index is 0.0826. The van der Waals surface area contributed by atoms with Gasteiger partial charge in [-0.05, 0) is 142 Å². The van der Waals surface area contributed by atoms with E-state index in [0.29, 0.717) is 58.8 Å². The van der Waals surface area contributed by atoms with Crippen molar-refractivity contribution in [3.8, 4) is 0 Å². The number of nitrogens with one attached hydrogen (secondary N) is 2. The minimum Gasteiger partial charge on any atom is -0.469 e. The highest BCUT2D eigenvalue weighted by atomic mass is 16.5. The van der Waals surface area contributed by atoms with Crippen molar-refractivity contribution in [2.45, 2.75) is 117 Å². The molecule has 1 aromatic heterocycles. The smallest absolute Gasteiger partial charge is 0.305 e. The summed E-state index contributed by atoms with van der Waals surface area (Å²) in [6.45, 7) is 10.5. The fourth-order valence-corrected chi connectivity index (χ4v) is 10.4. The molecule has 1 heterocycles. The lowest BCUT2D eigenvalue weighted by Crippen LogP contribution is -2.59. The van der Waals surface area contributed by atoms with Gasteiger partial charge in [-0.3, -0.25) is 9.78 Å². The molecule has 0 aromatic carbocycles. The van der Waals surface area contributed by atoms with Gasteiger partial charge in [0, 0.05) is 31.4 Å². The lowest BCUT2D eigenvalue weighted by atomic mass is 9.43. The molecule has 3 N–H and O–H groups in total. The van der Waals surface area contributed by atoms with Gasteiger partial charge in [0.25, 0.3) is 0 Å². The molecule has 0 amide bonds. The van der Waals surface area contributed by atoms with Gasteiger partial charge < -0.3 is 20.5 Å². The van der Waals surface area contributed by atoms with Crippen molar-refractivity contribution >= 4 is 5.97 Å². The fraction of sp³-hybridized carbons (Fsp3) is 0.829. The molecule has 0 spiro atoms. The molecule has 5 rings (SSSR count). The summed E-state index contributed by atoms with van der Waals surface area (Å²) in [6.07, 6.45) is 17.3. The molecule has 4 saturated carbocycles. The zero-order valence-electron chi connectivity index (χ0n) is 26.2. The summed E-state index contributed by atoms with van der Waals surface area (Å²) in [5, 5.41) is 19.2. The van der Waals surface area contributed by atoms with Crippen molar-refractivity contribution in [1.29, 1.82) is 0 Å². The third-order valence-corrected chi connectivity index (χ3v) is 12.7. The first-order valence-electron chi connectivity index (χ1n) is 16.8. The first kappa shape index (κ1) is 30.9. The van der Waals surface area contributed by atoms with Gasteiger partial charge in [-0.15, -0.1) is 0 Å². The van der Waals surface area contributed by atoms with Crippen molar-refractivity contribution in [2.24, 2.45) is 46.3 Å². The number of aromatic nitrogens is 1. The van der Waals surface area contributed by atoms with Crippen molar-refractivity contribution in [3.63, 3.8) is 0 Å². The van der Waals surface area contributed by atoms with Crippen LogP contribution in [0.2, 0.25) is 0 Å². The van der Waals surface area contributed by atoms with Gasteiger partial charge in [0.1, 0.15) is 0 Å². The standard InChI is InChI=1S/C35H57N3O3/c1-24(9-12-32(40)41-4)28-10-11-29-33-30(14-16-35(28,29)3)34(2)15-13-27(20-26(34)21-31(33)39)38-19-6-5-17-36-22-25-8-7-18-37-23-25/h7-8,18,23-24,26-31,33,36,38-39H,5-6,9-17,19-22H2,1-4H3/t24-,26-,27-,28-,29?,30?,31-,33?,34+,35-/m1/s1. The van der Waals surface area contributed by atoms with Crippen molar-refractivity contribution in [2.75, 3.05) is 20.2 Å². The average molecular weight is 568 g/mol. The van der Waals surface area contributed by atoms with Crippen molar-refractivity contribution in [1.82, 2.24) is 15.6 Å². The Balaban J connectivity index is 1.10. The van der Waals surface area contributed by atoms with Crippen LogP contribution in [0.4, 0.5) is 0 Å². The molecule has 4 aliphatic carbocycles. The van der Waals surface area contributed by atoms with Crippen LogP contribution in [0, 0.1) is 46.3 Å². The van der Waals surface area contributed by atoms with Crippen molar-refractivity contribution in [3.05, 3.63) is 30.1 Å². The number of aliphatic hydroxyl groups is 1. The van der Waals surface area contributed by atoms with Gasteiger partial charge in [-0.25, -0.2) is 0 Å². The number of hydrogen-bond acceptors (Lipinski definition) is 6. The van der Waals surface area contributed by atoms with E-state index in [1.54, 1.807) is 0 Å². The number of pyridine rings is 1. The first-order chi connectivity index (χ1) is 19.8. The number of hydrogen-bond donors (Lipinski definition) is 3. The predicted molar refractivity (Wildman–Crippen MR) is 164 cm³/mol. The number of carbonyl (C=O) groups is 1. The number of ether oxygens (including phenoxy) is 1. The van der Waals surface area contributed by atoms with Crippen LogP contribution in [0.5, 0.6) is 0 Å². The van der Waals surface area contributed by atoms with E-state index in [-0.39, 0.29) is 12.1 Å². The van der Waals surface area contributed by atoms with Crippen LogP contribution in [0.25, 0.3) is 0 Å². The Labute approximate surface area is 249 Å². The number of rotatable bonds is 12. The Kier molecular flexibility index (Phi) is 10.1. The number of aliphatic hydroxyl groups excluding tert-OH is 1. The van der Waals surface area contributed by atoms with Gasteiger partial charge >= 0.3 is 5.97 Å². The third-order valence-electron chi connectivity index (χ3n) is 12.7. The molecule has 41 heavy (non-hydrogen) atoms. The highest BCUT2D eigenvalue weighted by Gasteiger charge is 2.62. The van der Waals surface area contributed by atoms with E-state index < -0.39 is 0 Å². The molecule has 0 saturated heterocycles. The number of fused-ring (bicyclic) bond motifs is 5. The molecule has 0 aliphatic heterocycles. The molecule has 0 bridgehead atoms. The molecule has 4 fully saturated rings. The average Bonchev–Trinajstić information content (AvgIpc) is 3.33. The van der Waals surface area contributed by atoms with Gasteiger partial charge in [-0.2, -0.15) is 0 Å². The summed E-state index contributed by atoms with van der Waals surface area (Å²) >= 11 is 0. The maximum absolute atomic E-state index is 11.8. The largest absolute Gasteiger partial charge is 0.469 e. The van der Waals surface area contributed by atoms with Crippen molar-refractivity contribution < 1.29 is 14.6 Å². The lowest BCUT2D eigenvalue weighted by molar-refractivity contribution is -0.167. The summed E-state index contributed by atoms with van der Waals surface area (Å²) in [6, 6.07) is 4.71. The summed E-state index contributed by atoms with van der Waals surface area (Å²) in [5.74, 6) is 3.47. The number of nitrogens with zero attached hydrogens (tertiary/aromatic N) is 1. The van der Waals surface area contributed by atoms with Crippen LogP contribution in [-0.2, 0) is 16.1 Å². The van der Waals surface area contributed by atoms with E-state index in [9.17, 15) is 9.90 Å². The Morgan fingerprint density at radius 1 is 1.10 bits per heavy atom. The molecule has 6 nitrogen and oxygen atoms in total. The highest BCUT2D eigenvalue weighted by molar-refractivity contribution is 5.69. The summed E-state index contributed by atoms with van der Waals surface area (Å²) in [5.41, 5.74) is 1.91. The van der Waals surface area contributed by atoms with Crippen LogP contribution < -0.4 is 10.6 Å². The zero-order valence-corrected chi connectivity index (χ0v) is 26.2. The van der Waals surface area contributed by atoms with E-state index in [1.165, 1.54) is 70.5 Å². The second-order valence-corrected chi connectivity index (χ2v) is 14.8. The SMILES string of the molecule is COC(=O)CC[C@@H](C)[C@H]1CCC2C3C(CC[C@@]21C)[C@@]1(C)CC[C@@H](NCCCCNCc2cccnc2)C[C@@H]1C[C@H]3O. The molecule has 230 valence electrons. The van der Waals surface area contributed by atoms with Gasteiger partial charge in [0.15, 0.2) is 0 Å². The quantitative estimate of drug-likeness (QED) is 0.208. The van der Waals surface area contributed by atoms with Crippen LogP contribution in [0.15, 0.2) is 24.5 Å². The fourth-order valence-electron chi connectivity index (χ4n) is 10.4. The molecule has 6 heteroatoms. The number of methoxy groups -OCH3 is 1.